The Labute approximate surface area is 74.2 Å². The molecule has 2 N–H and O–H groups in total. The first-order valence-electron chi connectivity index (χ1n) is 3.30. The molecule has 0 aromatic rings. The predicted molar refractivity (Wildman–Crippen MR) is 49.0 cm³/mol. The quantitative estimate of drug-likeness (QED) is 0.566. The smallest absolute Gasteiger partial charge is 0.126 e. The van der Waals surface area contributed by atoms with Crippen LogP contribution < -0.4 is 0 Å². The van der Waals surface area contributed by atoms with Crippen molar-refractivity contribution >= 4 is 11.6 Å². The number of rotatable bonds is 0. The van der Waals surface area contributed by atoms with Gasteiger partial charge in [0.25, 0.3) is 0 Å². The van der Waals surface area contributed by atoms with Gasteiger partial charge in [-0.3, -0.25) is 0 Å². The lowest BCUT2D eigenvalue weighted by molar-refractivity contribution is -0.115. The molecule has 4 heteroatoms. The van der Waals surface area contributed by atoms with E-state index < -0.39 is 0 Å². The summed E-state index contributed by atoms with van der Waals surface area (Å²) in [5, 5.41) is 14.0. The number of hydrogen-bond acceptors (Lipinski definition) is 4. The van der Waals surface area contributed by atoms with Gasteiger partial charge in [0.1, 0.15) is 11.6 Å². The fourth-order valence-corrected chi connectivity index (χ4v) is 0. The first-order valence-corrected chi connectivity index (χ1v) is 3.30. The number of hydrogen-bond donors (Lipinski definition) is 2. The van der Waals surface area contributed by atoms with Crippen LogP contribution in [0, 0.1) is 0 Å². The van der Waals surface area contributed by atoms with Crippen LogP contribution in [-0.4, -0.2) is 36.0 Å². The van der Waals surface area contributed by atoms with Crippen LogP contribution >= 0.6 is 0 Å². The van der Waals surface area contributed by atoms with Gasteiger partial charge in [-0.25, -0.2) is 0 Å². The fraction of sp³-hybridized carbons (Fsp3) is 0.750. The molecule has 0 bridgehead atoms. The number of aliphatic hydroxyl groups excluding tert-OH is 2. The monoisotopic (exact) mass is 180 g/mol. The van der Waals surface area contributed by atoms with Gasteiger partial charge in [-0.15, -0.1) is 0 Å². The van der Waals surface area contributed by atoms with Crippen molar-refractivity contribution in [3.8, 4) is 0 Å². The van der Waals surface area contributed by atoms with Crippen molar-refractivity contribution in [1.82, 2.24) is 0 Å². The van der Waals surface area contributed by atoms with Crippen molar-refractivity contribution in [1.29, 1.82) is 0 Å². The highest BCUT2D eigenvalue weighted by atomic mass is 16.2. The van der Waals surface area contributed by atoms with E-state index >= 15 is 0 Å². The van der Waals surface area contributed by atoms with Crippen LogP contribution in [0.5, 0.6) is 0 Å². The van der Waals surface area contributed by atoms with Gasteiger partial charge < -0.3 is 19.8 Å². The molecular formula is C8H20O4. The minimum Gasteiger partial charge on any atom is -0.400 e. The van der Waals surface area contributed by atoms with Gasteiger partial charge in [0.2, 0.25) is 0 Å². The van der Waals surface area contributed by atoms with E-state index in [1.807, 2.05) is 0 Å². The van der Waals surface area contributed by atoms with Crippen molar-refractivity contribution in [2.45, 2.75) is 27.7 Å². The largest absolute Gasteiger partial charge is 0.400 e. The molecule has 0 aliphatic rings. The molecule has 0 saturated heterocycles. The zero-order valence-electron chi connectivity index (χ0n) is 8.71. The lowest BCUT2D eigenvalue weighted by atomic mass is 10.6. The lowest BCUT2D eigenvalue weighted by Gasteiger charge is -1.56. The molecule has 76 valence electrons. The van der Waals surface area contributed by atoms with Gasteiger partial charge >= 0.3 is 0 Å². The topological polar surface area (TPSA) is 74.6 Å². The minimum absolute atomic E-state index is 0.167. The number of carbonyl (C=O) groups is 2. The van der Waals surface area contributed by atoms with E-state index in [0.29, 0.717) is 0 Å². The summed E-state index contributed by atoms with van der Waals surface area (Å²) in [4.78, 5) is 18.9. The maximum Gasteiger partial charge on any atom is 0.126 e. The summed E-state index contributed by atoms with van der Waals surface area (Å²) in [5.41, 5.74) is 0. The van der Waals surface area contributed by atoms with Crippen molar-refractivity contribution in [3.05, 3.63) is 0 Å². The van der Waals surface area contributed by atoms with Crippen LogP contribution in [0.4, 0.5) is 0 Å². The van der Waals surface area contributed by atoms with E-state index in [4.69, 9.17) is 10.2 Å². The van der Waals surface area contributed by atoms with Gasteiger partial charge in [-0.2, -0.15) is 0 Å². The highest BCUT2D eigenvalue weighted by Crippen LogP contribution is 1.50. The third kappa shape index (κ3) is 1150. The first-order chi connectivity index (χ1) is 5.46. The summed E-state index contributed by atoms with van der Waals surface area (Å²) in [5.74, 6) is 0.333. The first kappa shape index (κ1) is 22.5. The molecular weight excluding hydrogens is 160 g/mol. The maximum absolute atomic E-state index is 9.44. The minimum atomic E-state index is 0.167. The molecule has 0 aromatic heterocycles. The Balaban J connectivity index is -0.0000000380. The predicted octanol–water partition coefficient (Wildman–Crippen LogP) is 0.408. The number of Topliss-reactive ketones (excluding diaryl/α,β-unsaturated/α-hetero) is 2. The van der Waals surface area contributed by atoms with E-state index in [1.54, 1.807) is 0 Å². The molecule has 0 saturated carbocycles. The third-order valence-electron chi connectivity index (χ3n) is 0. The second kappa shape index (κ2) is 31.8. The van der Waals surface area contributed by atoms with Crippen LogP contribution in [0.2, 0.25) is 0 Å². The van der Waals surface area contributed by atoms with E-state index in [-0.39, 0.29) is 11.6 Å². The van der Waals surface area contributed by atoms with Gasteiger partial charge in [-0.05, 0) is 27.7 Å². The average molecular weight is 180 g/mol. The van der Waals surface area contributed by atoms with Crippen molar-refractivity contribution in [3.63, 3.8) is 0 Å². The van der Waals surface area contributed by atoms with Gasteiger partial charge in [0.05, 0.1) is 0 Å². The molecule has 12 heavy (non-hydrogen) atoms. The molecule has 0 amide bonds. The number of aliphatic hydroxyl groups is 2. The van der Waals surface area contributed by atoms with Gasteiger partial charge in [0.15, 0.2) is 0 Å². The van der Waals surface area contributed by atoms with E-state index in [2.05, 4.69) is 0 Å². The fourth-order valence-electron chi connectivity index (χ4n) is 0. The molecule has 0 radical (unpaired) electrons. The zero-order chi connectivity index (χ0) is 11.2. The van der Waals surface area contributed by atoms with E-state index in [0.717, 1.165) is 14.2 Å². The summed E-state index contributed by atoms with van der Waals surface area (Å²) < 4.78 is 0. The Kier molecular flexibility index (Phi) is 59.6. The zero-order valence-corrected chi connectivity index (χ0v) is 8.71. The molecule has 0 aromatic carbocycles. The Morgan fingerprint density at radius 1 is 0.667 bits per heavy atom. The van der Waals surface area contributed by atoms with Gasteiger partial charge in [-0.1, -0.05) is 0 Å². The van der Waals surface area contributed by atoms with E-state index in [9.17, 15) is 9.59 Å². The Morgan fingerprint density at radius 2 is 0.667 bits per heavy atom. The Morgan fingerprint density at radius 3 is 0.667 bits per heavy atom. The lowest BCUT2D eigenvalue weighted by Crippen LogP contribution is -1.69. The normalized spacial score (nSPS) is 5.33. The van der Waals surface area contributed by atoms with Crippen molar-refractivity contribution in [2.24, 2.45) is 0 Å². The summed E-state index contributed by atoms with van der Waals surface area (Å²) in [7, 11) is 2.00. The van der Waals surface area contributed by atoms with Crippen LogP contribution in [0.1, 0.15) is 27.7 Å². The van der Waals surface area contributed by atoms with Crippen LogP contribution in [-0.2, 0) is 9.59 Å². The second-order valence-corrected chi connectivity index (χ2v) is 1.82. The Hall–Kier alpha value is -0.740. The molecule has 0 spiro atoms. The van der Waals surface area contributed by atoms with Gasteiger partial charge in [0, 0.05) is 14.2 Å². The summed E-state index contributed by atoms with van der Waals surface area (Å²) in [6.07, 6.45) is 0. The molecule has 0 atom stereocenters. The molecule has 4 nitrogen and oxygen atoms in total. The second-order valence-electron chi connectivity index (χ2n) is 1.82. The summed E-state index contributed by atoms with van der Waals surface area (Å²) >= 11 is 0. The SMILES string of the molecule is CC(C)=O.CC(C)=O.CO.CO. The van der Waals surface area contributed by atoms with Crippen molar-refractivity contribution in [2.75, 3.05) is 14.2 Å². The van der Waals surface area contributed by atoms with Crippen molar-refractivity contribution < 1.29 is 19.8 Å². The number of ketones is 2. The molecule has 0 aliphatic heterocycles. The molecule has 0 rings (SSSR count). The average Bonchev–Trinajstić information content (AvgIpc) is 1.93. The third-order valence-corrected chi connectivity index (χ3v) is 0. The molecule has 0 unspecified atom stereocenters. The van der Waals surface area contributed by atoms with Crippen LogP contribution in [0.3, 0.4) is 0 Å². The standard InChI is InChI=1S/2C3H6O.2CH4O/c2*1-3(2)4;2*1-2/h2*1-2H3;2*2H,1H3. The number of carbonyl (C=O) groups excluding carboxylic acids is 2. The molecule has 0 aliphatic carbocycles. The summed E-state index contributed by atoms with van der Waals surface area (Å²) in [6.45, 7) is 6.11. The van der Waals surface area contributed by atoms with Crippen LogP contribution in [0.25, 0.3) is 0 Å². The van der Waals surface area contributed by atoms with Crippen LogP contribution in [0.15, 0.2) is 0 Å². The molecule has 0 heterocycles. The maximum atomic E-state index is 9.44. The summed E-state index contributed by atoms with van der Waals surface area (Å²) in [6, 6.07) is 0. The molecule has 0 fully saturated rings. The Bertz CT molecular complexity index is 69.1. The van der Waals surface area contributed by atoms with E-state index in [1.165, 1.54) is 27.7 Å². The highest BCUT2D eigenvalue weighted by Gasteiger charge is 1.62. The highest BCUT2D eigenvalue weighted by molar-refractivity contribution is 5.72.